The average Bonchev–Trinajstić information content (AvgIpc) is 2.57. The van der Waals surface area contributed by atoms with E-state index in [9.17, 15) is 27.8 Å². The smallest absolute Gasteiger partial charge is 0.388 e. The number of aliphatic hydroxyl groups is 2. The lowest BCUT2D eigenvalue weighted by Gasteiger charge is -2.36. The van der Waals surface area contributed by atoms with Gasteiger partial charge in [0.2, 0.25) is 0 Å². The quantitative estimate of drug-likeness (QED) is 0.615. The zero-order chi connectivity index (χ0) is 22.6. The number of halogens is 4. The van der Waals surface area contributed by atoms with Crippen molar-refractivity contribution in [2.45, 2.75) is 71.8 Å². The number of benzene rings is 1. The van der Waals surface area contributed by atoms with Crippen molar-refractivity contribution in [1.29, 1.82) is 0 Å². The summed E-state index contributed by atoms with van der Waals surface area (Å²) in [4.78, 5) is 4.75. The minimum atomic E-state index is -4.81. The van der Waals surface area contributed by atoms with Crippen molar-refractivity contribution in [2.24, 2.45) is 5.41 Å². The molecular formula is C23H27F4NO2. The van der Waals surface area contributed by atoms with E-state index >= 15 is 0 Å². The molecule has 30 heavy (non-hydrogen) atoms. The van der Waals surface area contributed by atoms with Gasteiger partial charge in [-0.1, -0.05) is 33.8 Å². The number of rotatable bonds is 3. The molecule has 7 heteroatoms. The second-order valence-corrected chi connectivity index (χ2v) is 9.25. The SMILES string of the molecule is Cc1c([C@H](O)c2ccc(C(F)(F)F)c(F)c2)c(C(C)C)nc2c1[C@@H](O)CC(C)(C)C2. The lowest BCUT2D eigenvalue weighted by molar-refractivity contribution is -0.140. The number of aliphatic hydroxyl groups excluding tert-OH is 2. The number of alkyl halides is 3. The zero-order valence-corrected chi connectivity index (χ0v) is 17.7. The molecule has 0 saturated carbocycles. The second-order valence-electron chi connectivity index (χ2n) is 9.25. The molecule has 3 nitrogen and oxygen atoms in total. The van der Waals surface area contributed by atoms with Crippen LogP contribution in [0.2, 0.25) is 0 Å². The topological polar surface area (TPSA) is 53.4 Å². The molecular weight excluding hydrogens is 398 g/mol. The van der Waals surface area contributed by atoms with Gasteiger partial charge in [-0.2, -0.15) is 13.2 Å². The predicted molar refractivity (Wildman–Crippen MR) is 106 cm³/mol. The molecule has 0 spiro atoms. The van der Waals surface area contributed by atoms with E-state index < -0.39 is 29.8 Å². The molecule has 1 aromatic carbocycles. The van der Waals surface area contributed by atoms with Gasteiger partial charge >= 0.3 is 6.18 Å². The Balaban J connectivity index is 2.16. The Morgan fingerprint density at radius 1 is 1.20 bits per heavy atom. The van der Waals surface area contributed by atoms with Crippen molar-refractivity contribution < 1.29 is 27.8 Å². The number of nitrogens with zero attached hydrogens (tertiary/aromatic N) is 1. The van der Waals surface area contributed by atoms with E-state index in [0.29, 0.717) is 41.3 Å². The highest BCUT2D eigenvalue weighted by atomic mass is 19.4. The fraction of sp³-hybridized carbons (Fsp3) is 0.522. The molecule has 0 radical (unpaired) electrons. The van der Waals surface area contributed by atoms with Crippen molar-refractivity contribution in [2.75, 3.05) is 0 Å². The molecule has 0 unspecified atom stereocenters. The first-order valence-corrected chi connectivity index (χ1v) is 9.99. The summed E-state index contributed by atoms with van der Waals surface area (Å²) in [6.45, 7) is 9.69. The molecule has 1 heterocycles. The Labute approximate surface area is 173 Å². The maximum absolute atomic E-state index is 14.1. The van der Waals surface area contributed by atoms with E-state index in [2.05, 4.69) is 13.8 Å². The van der Waals surface area contributed by atoms with E-state index in [1.807, 2.05) is 13.8 Å². The fourth-order valence-electron chi connectivity index (χ4n) is 4.43. The van der Waals surface area contributed by atoms with Gasteiger partial charge in [-0.25, -0.2) is 4.39 Å². The summed E-state index contributed by atoms with van der Waals surface area (Å²) in [5.74, 6) is -1.52. The fourth-order valence-corrected chi connectivity index (χ4v) is 4.43. The number of aromatic nitrogens is 1. The van der Waals surface area contributed by atoms with Crippen LogP contribution >= 0.6 is 0 Å². The second kappa shape index (κ2) is 7.61. The summed E-state index contributed by atoms with van der Waals surface area (Å²) in [5.41, 5.74) is 1.61. The standard InChI is InChI=1S/C23H27F4NO2/c1-11(2)20-19(12(3)18-16(28-20)9-22(4,5)10-17(18)29)21(30)13-6-7-14(15(24)8-13)23(25,26)27/h6-8,11,17,21,29-30H,9-10H2,1-5H3/t17-,21+/m0/s1. The first-order chi connectivity index (χ1) is 13.7. The van der Waals surface area contributed by atoms with Crippen LogP contribution in [0.4, 0.5) is 17.6 Å². The number of pyridine rings is 1. The Morgan fingerprint density at radius 2 is 1.83 bits per heavy atom. The molecule has 1 aliphatic carbocycles. The van der Waals surface area contributed by atoms with Crippen LogP contribution in [0.1, 0.15) is 91.4 Å². The highest BCUT2D eigenvalue weighted by molar-refractivity contribution is 5.48. The first-order valence-electron chi connectivity index (χ1n) is 9.99. The highest BCUT2D eigenvalue weighted by Gasteiger charge is 2.37. The van der Waals surface area contributed by atoms with E-state index in [1.54, 1.807) is 6.92 Å². The van der Waals surface area contributed by atoms with Crippen LogP contribution in [0.3, 0.4) is 0 Å². The van der Waals surface area contributed by atoms with Gasteiger partial charge in [0, 0.05) is 22.5 Å². The van der Waals surface area contributed by atoms with E-state index in [4.69, 9.17) is 4.98 Å². The molecule has 1 aliphatic rings. The highest BCUT2D eigenvalue weighted by Crippen LogP contribution is 2.45. The Morgan fingerprint density at radius 3 is 2.37 bits per heavy atom. The van der Waals surface area contributed by atoms with Crippen molar-refractivity contribution in [3.8, 4) is 0 Å². The molecule has 0 aliphatic heterocycles. The Kier molecular flexibility index (Phi) is 5.75. The van der Waals surface area contributed by atoms with Crippen LogP contribution in [0, 0.1) is 18.2 Å². The van der Waals surface area contributed by atoms with Crippen LogP contribution in [0.25, 0.3) is 0 Å². The van der Waals surface area contributed by atoms with Crippen molar-refractivity contribution in [1.82, 2.24) is 4.98 Å². The van der Waals surface area contributed by atoms with Gasteiger partial charge in [0.05, 0.1) is 11.7 Å². The van der Waals surface area contributed by atoms with E-state index in [1.165, 1.54) is 0 Å². The van der Waals surface area contributed by atoms with Crippen LogP contribution in [-0.4, -0.2) is 15.2 Å². The van der Waals surface area contributed by atoms with Crippen molar-refractivity contribution in [3.63, 3.8) is 0 Å². The third-order valence-corrected chi connectivity index (χ3v) is 5.81. The number of hydrogen-bond acceptors (Lipinski definition) is 3. The monoisotopic (exact) mass is 425 g/mol. The minimum Gasteiger partial charge on any atom is -0.388 e. The van der Waals surface area contributed by atoms with Crippen molar-refractivity contribution in [3.05, 3.63) is 63.2 Å². The molecule has 2 aromatic rings. The molecule has 0 saturated heterocycles. The Hall–Kier alpha value is -1.99. The summed E-state index contributed by atoms with van der Waals surface area (Å²) in [6, 6.07) is 2.44. The minimum absolute atomic E-state index is 0.0119. The van der Waals surface area contributed by atoms with Gasteiger partial charge in [0.1, 0.15) is 11.9 Å². The third-order valence-electron chi connectivity index (χ3n) is 5.81. The molecule has 0 fully saturated rings. The lowest BCUT2D eigenvalue weighted by atomic mass is 9.72. The van der Waals surface area contributed by atoms with Crippen LogP contribution in [0.15, 0.2) is 18.2 Å². The molecule has 0 amide bonds. The summed E-state index contributed by atoms with van der Waals surface area (Å²) in [6.07, 6.45) is -5.72. The normalized spacial score (nSPS) is 19.7. The average molecular weight is 425 g/mol. The molecule has 3 rings (SSSR count). The summed E-state index contributed by atoms with van der Waals surface area (Å²) in [5, 5.41) is 21.8. The molecule has 164 valence electrons. The third kappa shape index (κ3) is 4.10. The van der Waals surface area contributed by atoms with Crippen LogP contribution < -0.4 is 0 Å². The van der Waals surface area contributed by atoms with Gasteiger partial charge < -0.3 is 10.2 Å². The van der Waals surface area contributed by atoms with E-state index in [-0.39, 0.29) is 16.9 Å². The van der Waals surface area contributed by atoms with Gasteiger partial charge in [-0.15, -0.1) is 0 Å². The Bertz CT molecular complexity index is 967. The summed E-state index contributed by atoms with van der Waals surface area (Å²) in [7, 11) is 0. The maximum atomic E-state index is 14.1. The zero-order valence-electron chi connectivity index (χ0n) is 17.7. The summed E-state index contributed by atoms with van der Waals surface area (Å²) >= 11 is 0. The van der Waals surface area contributed by atoms with Crippen molar-refractivity contribution >= 4 is 0 Å². The first kappa shape index (κ1) is 22.7. The lowest BCUT2D eigenvalue weighted by Crippen LogP contribution is -2.29. The van der Waals surface area contributed by atoms with Gasteiger partial charge in [-0.3, -0.25) is 4.98 Å². The van der Waals surface area contributed by atoms with Gasteiger partial charge in [-0.05, 0) is 54.4 Å². The molecule has 1 aromatic heterocycles. The predicted octanol–water partition coefficient (Wildman–Crippen LogP) is 5.76. The molecule has 2 atom stereocenters. The summed E-state index contributed by atoms with van der Waals surface area (Å²) < 4.78 is 52.8. The van der Waals surface area contributed by atoms with Crippen LogP contribution in [0.5, 0.6) is 0 Å². The van der Waals surface area contributed by atoms with Gasteiger partial charge in [0.15, 0.2) is 0 Å². The number of hydrogen-bond donors (Lipinski definition) is 2. The van der Waals surface area contributed by atoms with Crippen LogP contribution in [-0.2, 0) is 12.6 Å². The largest absolute Gasteiger partial charge is 0.419 e. The van der Waals surface area contributed by atoms with Gasteiger partial charge in [0.25, 0.3) is 0 Å². The maximum Gasteiger partial charge on any atom is 0.419 e. The number of fused-ring (bicyclic) bond motifs is 1. The molecule has 2 N–H and O–H groups in total. The molecule has 0 bridgehead atoms. The van der Waals surface area contributed by atoms with E-state index in [0.717, 1.165) is 17.8 Å².